The fraction of sp³-hybridized carbons (Fsp3) is 0.571. The largest absolute Gasteiger partial charge is 0.486 e. The number of hydrogen-bond acceptors (Lipinski definition) is 4. The van der Waals surface area contributed by atoms with Gasteiger partial charge >= 0.3 is 5.69 Å². The molecule has 1 aromatic rings. The molecule has 6 heteroatoms. The van der Waals surface area contributed by atoms with Crippen LogP contribution in [0.5, 0.6) is 5.75 Å². The van der Waals surface area contributed by atoms with Crippen LogP contribution < -0.4 is 4.74 Å². The predicted octanol–water partition coefficient (Wildman–Crippen LogP) is 4.23. The lowest BCUT2D eigenvalue weighted by atomic mass is 10.0. The Balaban J connectivity index is 3.16. The van der Waals surface area contributed by atoms with Crippen LogP contribution in [-0.4, -0.2) is 16.6 Å². The van der Waals surface area contributed by atoms with E-state index in [1.54, 1.807) is 13.0 Å². The van der Waals surface area contributed by atoms with Gasteiger partial charge in [0.1, 0.15) is 0 Å². The van der Waals surface area contributed by atoms with Crippen LogP contribution in [-0.2, 0) is 0 Å². The highest BCUT2D eigenvalue weighted by Crippen LogP contribution is 2.38. The predicted molar refractivity (Wildman–Crippen MR) is 81.0 cm³/mol. The Hall–Kier alpha value is -1.14. The zero-order chi connectivity index (χ0) is 15.3. The van der Waals surface area contributed by atoms with Crippen LogP contribution in [0.4, 0.5) is 5.69 Å². The molecule has 5 nitrogen and oxygen atoms in total. The third-order valence-corrected chi connectivity index (χ3v) is 3.79. The van der Waals surface area contributed by atoms with Gasteiger partial charge in [0.2, 0.25) is 5.75 Å². The van der Waals surface area contributed by atoms with E-state index in [4.69, 9.17) is 4.74 Å². The third-order valence-electron chi connectivity index (χ3n) is 3.33. The van der Waals surface area contributed by atoms with Gasteiger partial charge in [-0.05, 0) is 18.9 Å². The van der Waals surface area contributed by atoms with Crippen LogP contribution in [0.15, 0.2) is 16.6 Å². The number of nitro groups is 1. The zero-order valence-electron chi connectivity index (χ0n) is 11.9. The summed E-state index contributed by atoms with van der Waals surface area (Å²) in [5, 5.41) is 20.9. The zero-order valence-corrected chi connectivity index (χ0v) is 13.5. The summed E-state index contributed by atoms with van der Waals surface area (Å²) >= 11 is 3.22. The summed E-state index contributed by atoms with van der Waals surface area (Å²) in [5.74, 6) is 0.514. The molecule has 1 unspecified atom stereocenters. The van der Waals surface area contributed by atoms with Gasteiger partial charge in [-0.3, -0.25) is 10.1 Å². The van der Waals surface area contributed by atoms with E-state index in [2.05, 4.69) is 29.8 Å². The maximum atomic E-state index is 11.2. The number of nitrogens with zero attached hydrogens (tertiary/aromatic N) is 1. The molecule has 1 aromatic carbocycles. The summed E-state index contributed by atoms with van der Waals surface area (Å²) in [5.41, 5.74) is 0.304. The monoisotopic (exact) mass is 345 g/mol. The van der Waals surface area contributed by atoms with Crippen molar-refractivity contribution in [2.24, 2.45) is 5.92 Å². The number of aliphatic hydroxyl groups is 1. The first-order valence-corrected chi connectivity index (χ1v) is 7.48. The maximum Gasteiger partial charge on any atom is 0.312 e. The molecule has 0 spiro atoms. The van der Waals surface area contributed by atoms with Crippen molar-refractivity contribution in [2.45, 2.75) is 39.7 Å². The minimum Gasteiger partial charge on any atom is -0.486 e. The van der Waals surface area contributed by atoms with Crippen molar-refractivity contribution in [3.63, 3.8) is 0 Å². The van der Waals surface area contributed by atoms with Gasteiger partial charge in [-0.25, -0.2) is 0 Å². The molecule has 1 rings (SSSR count). The molecular weight excluding hydrogens is 326 g/mol. The second-order valence-electron chi connectivity index (χ2n) is 4.77. The average Bonchev–Trinajstić information content (AvgIpc) is 2.40. The second kappa shape index (κ2) is 7.59. The summed E-state index contributed by atoms with van der Waals surface area (Å²) in [4.78, 5) is 10.7. The molecule has 0 aliphatic rings. The van der Waals surface area contributed by atoms with E-state index in [9.17, 15) is 15.2 Å². The second-order valence-corrected chi connectivity index (χ2v) is 5.69. The number of ether oxygens (including phenoxy) is 1. The molecule has 0 aliphatic heterocycles. The third kappa shape index (κ3) is 4.18. The molecule has 0 saturated heterocycles. The first-order valence-electron chi connectivity index (χ1n) is 6.69. The van der Waals surface area contributed by atoms with Crippen LogP contribution in [0, 0.1) is 16.0 Å². The highest BCUT2D eigenvalue weighted by molar-refractivity contribution is 9.10. The molecule has 0 fully saturated rings. The highest BCUT2D eigenvalue weighted by atomic mass is 79.9. The van der Waals surface area contributed by atoms with Crippen LogP contribution >= 0.6 is 15.9 Å². The van der Waals surface area contributed by atoms with Crippen molar-refractivity contribution >= 4 is 21.6 Å². The topological polar surface area (TPSA) is 72.6 Å². The summed E-state index contributed by atoms with van der Waals surface area (Å²) < 4.78 is 6.22. The normalized spacial score (nSPS) is 12.5. The smallest absolute Gasteiger partial charge is 0.312 e. The van der Waals surface area contributed by atoms with E-state index in [1.165, 1.54) is 6.07 Å². The van der Waals surface area contributed by atoms with Gasteiger partial charge in [0.15, 0.2) is 0 Å². The van der Waals surface area contributed by atoms with E-state index in [0.29, 0.717) is 22.6 Å². The first-order chi connectivity index (χ1) is 9.40. The molecular formula is C14H20BrNO4. The molecule has 0 radical (unpaired) electrons. The Bertz CT molecular complexity index is 472. The highest BCUT2D eigenvalue weighted by Gasteiger charge is 2.24. The van der Waals surface area contributed by atoms with Gasteiger partial charge in [-0.2, -0.15) is 0 Å². The van der Waals surface area contributed by atoms with Gasteiger partial charge in [-0.15, -0.1) is 0 Å². The molecule has 112 valence electrons. The number of nitro benzene ring substituents is 1. The Morgan fingerprint density at radius 3 is 2.45 bits per heavy atom. The van der Waals surface area contributed by atoms with Gasteiger partial charge in [0.05, 0.1) is 17.6 Å². The van der Waals surface area contributed by atoms with Gasteiger partial charge in [0, 0.05) is 16.1 Å². The van der Waals surface area contributed by atoms with E-state index in [-0.39, 0.29) is 11.4 Å². The number of halogens is 1. The van der Waals surface area contributed by atoms with Crippen LogP contribution in [0.3, 0.4) is 0 Å². The van der Waals surface area contributed by atoms with Crippen LogP contribution in [0.2, 0.25) is 0 Å². The molecule has 0 bridgehead atoms. The molecule has 1 atom stereocenters. The molecule has 1 N–H and O–H groups in total. The van der Waals surface area contributed by atoms with Crippen LogP contribution in [0.1, 0.15) is 45.3 Å². The van der Waals surface area contributed by atoms with Gasteiger partial charge in [-0.1, -0.05) is 42.6 Å². The summed E-state index contributed by atoms with van der Waals surface area (Å²) in [6.45, 7) is 6.09. The van der Waals surface area contributed by atoms with Crippen molar-refractivity contribution in [3.05, 3.63) is 32.3 Å². The number of hydrogen-bond donors (Lipinski definition) is 1. The Kier molecular flexibility index (Phi) is 6.42. The summed E-state index contributed by atoms with van der Waals surface area (Å²) in [6, 6.07) is 3.05. The Labute approximate surface area is 127 Å². The molecule has 0 aromatic heterocycles. The van der Waals surface area contributed by atoms with E-state index in [0.717, 1.165) is 12.8 Å². The molecule has 0 amide bonds. The first kappa shape index (κ1) is 16.9. The van der Waals surface area contributed by atoms with Crippen molar-refractivity contribution in [1.29, 1.82) is 0 Å². The quantitative estimate of drug-likeness (QED) is 0.592. The SMILES string of the molecule is CCC(CC)COc1c(C(C)O)cc(Br)cc1[N+](=O)[O-]. The fourth-order valence-electron chi connectivity index (χ4n) is 1.93. The molecule has 20 heavy (non-hydrogen) atoms. The standard InChI is InChI=1S/C14H20BrNO4/c1-4-10(5-2)8-20-14-12(9(3)17)6-11(15)7-13(14)16(18)19/h6-7,9-10,17H,4-5,8H2,1-3H3. The van der Waals surface area contributed by atoms with Crippen molar-refractivity contribution < 1.29 is 14.8 Å². The van der Waals surface area contributed by atoms with E-state index < -0.39 is 11.0 Å². The van der Waals surface area contributed by atoms with E-state index >= 15 is 0 Å². The summed E-state index contributed by atoms with van der Waals surface area (Å²) in [7, 11) is 0. The Morgan fingerprint density at radius 2 is 2.00 bits per heavy atom. The number of aliphatic hydroxyl groups excluding tert-OH is 1. The lowest BCUT2D eigenvalue weighted by molar-refractivity contribution is -0.386. The van der Waals surface area contributed by atoms with Gasteiger partial charge in [0.25, 0.3) is 0 Å². The minimum atomic E-state index is -0.831. The Morgan fingerprint density at radius 1 is 1.40 bits per heavy atom. The van der Waals surface area contributed by atoms with Crippen LogP contribution in [0.25, 0.3) is 0 Å². The maximum absolute atomic E-state index is 11.2. The van der Waals surface area contributed by atoms with Gasteiger partial charge < -0.3 is 9.84 Å². The lowest BCUT2D eigenvalue weighted by Gasteiger charge is -2.17. The fourth-order valence-corrected chi connectivity index (χ4v) is 2.39. The average molecular weight is 346 g/mol. The van der Waals surface area contributed by atoms with Crippen molar-refractivity contribution in [2.75, 3.05) is 6.61 Å². The minimum absolute atomic E-state index is 0.124. The van der Waals surface area contributed by atoms with Crippen molar-refractivity contribution in [1.82, 2.24) is 0 Å². The van der Waals surface area contributed by atoms with E-state index in [1.807, 2.05) is 0 Å². The molecule has 0 heterocycles. The number of rotatable bonds is 7. The lowest BCUT2D eigenvalue weighted by Crippen LogP contribution is -2.13. The number of benzene rings is 1. The van der Waals surface area contributed by atoms with Crippen molar-refractivity contribution in [3.8, 4) is 5.75 Å². The summed E-state index contributed by atoms with van der Waals surface area (Å²) in [6.07, 6.45) is 1.07. The molecule has 0 saturated carbocycles. The molecule has 0 aliphatic carbocycles.